The minimum atomic E-state index is -0.883. The van der Waals surface area contributed by atoms with E-state index in [1.807, 2.05) is 97.1 Å². The lowest BCUT2D eigenvalue weighted by Crippen LogP contribution is -2.10. The van der Waals surface area contributed by atoms with E-state index in [4.69, 9.17) is 16.8 Å². The molecular formula is C58H39NO. The van der Waals surface area contributed by atoms with Crippen molar-refractivity contribution < 1.29 is 27.7 Å². The van der Waals surface area contributed by atoms with Crippen LogP contribution in [0.5, 0.6) is 0 Å². The third kappa shape index (κ3) is 6.51. The molecule has 0 aliphatic carbocycles. The molecule has 0 atom stereocenters. The van der Waals surface area contributed by atoms with Crippen LogP contribution in [0.4, 0.5) is 17.1 Å². The Labute approximate surface area is 373 Å². The Bertz CT molecular complexity index is 4210. The average molecular weight is 783 g/mol. The maximum atomic E-state index is 9.71. The van der Waals surface area contributed by atoms with E-state index in [-0.39, 0.29) is 11.3 Å². The van der Waals surface area contributed by atoms with Crippen LogP contribution in [0.15, 0.2) is 241 Å². The Morgan fingerprint density at radius 3 is 1.62 bits per heavy atom. The van der Waals surface area contributed by atoms with Gasteiger partial charge in [0.1, 0.15) is 11.2 Å². The van der Waals surface area contributed by atoms with E-state index in [9.17, 15) is 11.0 Å². The third-order valence-corrected chi connectivity index (χ3v) is 10.4. The van der Waals surface area contributed by atoms with Crippen LogP contribution in [0.2, 0.25) is 0 Å². The van der Waals surface area contributed by atoms with E-state index >= 15 is 0 Å². The first-order valence-electron chi connectivity index (χ1n) is 27.6. The van der Waals surface area contributed by atoms with E-state index in [0.717, 1.165) is 37.6 Å². The van der Waals surface area contributed by atoms with Gasteiger partial charge in [0.2, 0.25) is 0 Å². The number of hydrogen-bond acceptors (Lipinski definition) is 2. The molecule has 11 rings (SSSR count). The largest absolute Gasteiger partial charge is 0.455 e. The summed E-state index contributed by atoms with van der Waals surface area (Å²) in [6, 6.07) is 27.7. The molecule has 0 bridgehead atoms. The van der Waals surface area contributed by atoms with Gasteiger partial charge in [-0.15, -0.1) is 0 Å². The Balaban J connectivity index is 1.16. The monoisotopic (exact) mass is 782 g/mol. The molecule has 282 valence electrons. The van der Waals surface area contributed by atoms with Gasteiger partial charge in [0.05, 0.1) is 23.3 Å². The smallest absolute Gasteiger partial charge is 0.143 e. The normalized spacial score (nSPS) is 15.3. The van der Waals surface area contributed by atoms with Gasteiger partial charge < -0.3 is 9.32 Å². The van der Waals surface area contributed by atoms with Crippen molar-refractivity contribution in [1.82, 2.24) is 0 Å². The first kappa shape index (κ1) is 21.7. The van der Waals surface area contributed by atoms with Gasteiger partial charge >= 0.3 is 0 Å². The highest BCUT2D eigenvalue weighted by Crippen LogP contribution is 2.43. The minimum absolute atomic E-state index is 0.0356. The molecule has 0 N–H and O–H groups in total. The van der Waals surface area contributed by atoms with Crippen LogP contribution in [-0.2, 0) is 0 Å². The first-order valence-corrected chi connectivity index (χ1v) is 19.1. The Kier molecular flexibility index (Phi) is 5.46. The van der Waals surface area contributed by atoms with Gasteiger partial charge in [-0.25, -0.2) is 0 Å². The fraction of sp³-hybridized carbons (Fsp3) is 0. The quantitative estimate of drug-likeness (QED) is 0.153. The molecule has 0 aliphatic heterocycles. The molecule has 11 aromatic rings. The van der Waals surface area contributed by atoms with Crippen molar-refractivity contribution in [1.29, 1.82) is 0 Å². The van der Waals surface area contributed by atoms with Crippen molar-refractivity contribution in [3.05, 3.63) is 236 Å². The van der Waals surface area contributed by atoms with E-state index in [0.29, 0.717) is 27.9 Å². The summed E-state index contributed by atoms with van der Waals surface area (Å²) in [5.41, 5.74) is 0.993. The van der Waals surface area contributed by atoms with Gasteiger partial charge in [0, 0.05) is 33.2 Å². The van der Waals surface area contributed by atoms with Crippen molar-refractivity contribution in [2.24, 2.45) is 0 Å². The molecule has 0 amide bonds. The van der Waals surface area contributed by atoms with Gasteiger partial charge in [-0.1, -0.05) is 182 Å². The van der Waals surface area contributed by atoms with Crippen LogP contribution in [0.3, 0.4) is 0 Å². The van der Waals surface area contributed by atoms with Crippen molar-refractivity contribution in [2.75, 3.05) is 4.90 Å². The zero-order valence-corrected chi connectivity index (χ0v) is 31.6. The summed E-state index contributed by atoms with van der Waals surface area (Å²) in [6.45, 7) is 0. The summed E-state index contributed by atoms with van der Waals surface area (Å²) < 4.78 is 161. The van der Waals surface area contributed by atoms with E-state index < -0.39 is 136 Å². The average Bonchev–Trinajstić information content (AvgIpc) is 4.03. The lowest BCUT2D eigenvalue weighted by atomic mass is 9.97. The number of benzene rings is 10. The Morgan fingerprint density at radius 1 is 0.350 bits per heavy atom. The standard InChI is InChI=1S/C58H39NO/c1-3-12-40(13-4-1)42-24-26-43(27-25-42)44-28-33-50(34-29-44)59(51-35-30-45(31-36-51)48-18-9-17-47(38-48)41-14-5-2-6-15-41)52-20-10-19-49(39-52)53-22-11-23-56-57(53)55-37-32-46-16-7-8-21-54(46)58(55)60-56/h1-39H/i1D,3D,4D,12D,13D,24D,25D,26D,27D,28D,29D,30D,31D,33D,34D,35D,36D. The molecule has 0 saturated heterocycles. The molecule has 0 spiro atoms. The number of furan rings is 1. The molecule has 0 aliphatic rings. The van der Waals surface area contributed by atoms with Gasteiger partial charge in [0.15, 0.2) is 0 Å². The molecule has 0 saturated carbocycles. The molecule has 2 nitrogen and oxygen atoms in total. The van der Waals surface area contributed by atoms with Gasteiger partial charge in [-0.05, 0) is 116 Å². The predicted molar refractivity (Wildman–Crippen MR) is 253 cm³/mol. The van der Waals surface area contributed by atoms with E-state index in [2.05, 4.69) is 0 Å². The van der Waals surface area contributed by atoms with Gasteiger partial charge in [-0.2, -0.15) is 0 Å². The molecule has 0 fully saturated rings. The van der Waals surface area contributed by atoms with Crippen LogP contribution in [0.25, 0.3) is 88.3 Å². The lowest BCUT2D eigenvalue weighted by molar-refractivity contribution is 0.673. The van der Waals surface area contributed by atoms with Crippen molar-refractivity contribution in [3.63, 3.8) is 0 Å². The molecule has 0 radical (unpaired) electrons. The van der Waals surface area contributed by atoms with Crippen LogP contribution in [0, 0.1) is 0 Å². The van der Waals surface area contributed by atoms with E-state index in [1.165, 1.54) is 0 Å². The molecule has 60 heavy (non-hydrogen) atoms. The van der Waals surface area contributed by atoms with Crippen LogP contribution < -0.4 is 4.90 Å². The highest BCUT2D eigenvalue weighted by atomic mass is 16.3. The second kappa shape index (κ2) is 15.1. The zero-order chi connectivity index (χ0) is 54.6. The van der Waals surface area contributed by atoms with Gasteiger partial charge in [0.25, 0.3) is 0 Å². The number of rotatable bonds is 8. The molecule has 10 aromatic carbocycles. The van der Waals surface area contributed by atoms with Crippen molar-refractivity contribution >= 4 is 49.8 Å². The molecule has 0 unspecified atom stereocenters. The Morgan fingerprint density at radius 2 is 0.900 bits per heavy atom. The first-order chi connectivity index (χ1) is 36.8. The second-order valence-electron chi connectivity index (χ2n) is 14.0. The van der Waals surface area contributed by atoms with E-state index in [1.54, 1.807) is 36.4 Å². The molecule has 1 aromatic heterocycles. The zero-order valence-electron chi connectivity index (χ0n) is 48.6. The number of nitrogens with zero attached hydrogens (tertiary/aromatic N) is 1. The summed E-state index contributed by atoms with van der Waals surface area (Å²) in [4.78, 5) is 1.14. The summed E-state index contributed by atoms with van der Waals surface area (Å²) in [5.74, 6) is 0. The summed E-state index contributed by atoms with van der Waals surface area (Å²) >= 11 is 0. The van der Waals surface area contributed by atoms with Crippen LogP contribution >= 0.6 is 0 Å². The van der Waals surface area contributed by atoms with Crippen LogP contribution in [-0.4, -0.2) is 0 Å². The maximum Gasteiger partial charge on any atom is 0.143 e. The van der Waals surface area contributed by atoms with Gasteiger partial charge in [-0.3, -0.25) is 0 Å². The Hall–Kier alpha value is -7.94. The topological polar surface area (TPSA) is 16.4 Å². The molecule has 1 heterocycles. The highest BCUT2D eigenvalue weighted by molar-refractivity contribution is 6.19. The maximum absolute atomic E-state index is 9.71. The summed E-state index contributed by atoms with van der Waals surface area (Å²) in [5, 5.41) is 3.45. The highest BCUT2D eigenvalue weighted by Gasteiger charge is 2.18. The molecular weight excluding hydrogens is 727 g/mol. The lowest BCUT2D eigenvalue weighted by Gasteiger charge is -2.26. The molecule has 2 heteroatoms. The number of hydrogen-bond donors (Lipinski definition) is 0. The van der Waals surface area contributed by atoms with Crippen molar-refractivity contribution in [3.8, 4) is 55.6 Å². The van der Waals surface area contributed by atoms with Crippen molar-refractivity contribution in [2.45, 2.75) is 0 Å². The predicted octanol–water partition coefficient (Wildman–Crippen LogP) is 16.5. The summed E-state index contributed by atoms with van der Waals surface area (Å²) in [6.07, 6.45) is 0. The third-order valence-electron chi connectivity index (χ3n) is 10.4. The fourth-order valence-corrected chi connectivity index (χ4v) is 7.50. The minimum Gasteiger partial charge on any atom is -0.455 e. The summed E-state index contributed by atoms with van der Waals surface area (Å²) in [7, 11) is 0. The number of anilines is 3. The SMILES string of the molecule is [2H]c1c([2H])c([2H])c(-c2c([2H])c([2H])c(-c3c([2H])c([2H])c(N(c4cccc(-c5cccc6oc7c8ccccc8ccc7c56)c4)c4c([2H])c([2H])c(-c5cccc(-c6ccccc6)c5)c([2H])c4[2H])c([2H])c3[2H])c([2H])c2[2H])c([2H])c1[2H]. The number of fused-ring (bicyclic) bond motifs is 5. The van der Waals surface area contributed by atoms with Crippen LogP contribution in [0.1, 0.15) is 23.3 Å². The second-order valence-corrected chi connectivity index (χ2v) is 14.0. The fourth-order valence-electron chi connectivity index (χ4n) is 7.50.